The summed E-state index contributed by atoms with van der Waals surface area (Å²) in [5.74, 6) is 0.926. The number of nitrogens with one attached hydrogen (secondary N) is 1. The molecule has 0 bridgehead atoms. The normalized spacial score (nSPS) is 10.2. The van der Waals surface area contributed by atoms with E-state index in [0.29, 0.717) is 0 Å². The molecular formula is C16H19NO. The van der Waals surface area contributed by atoms with E-state index >= 15 is 0 Å². The number of aryl methyl sites for hydroxylation is 2. The van der Waals surface area contributed by atoms with Crippen LogP contribution in [0.3, 0.4) is 0 Å². The Morgan fingerprint density at radius 3 is 2.56 bits per heavy atom. The van der Waals surface area contributed by atoms with Gasteiger partial charge in [0.15, 0.2) is 0 Å². The van der Waals surface area contributed by atoms with Crippen LogP contribution in [0.4, 0.5) is 5.69 Å². The van der Waals surface area contributed by atoms with Gasteiger partial charge in [0.1, 0.15) is 5.75 Å². The Morgan fingerprint density at radius 2 is 1.83 bits per heavy atom. The number of methoxy groups -OCH3 is 1. The molecule has 0 heterocycles. The highest BCUT2D eigenvalue weighted by Crippen LogP contribution is 2.21. The van der Waals surface area contributed by atoms with E-state index < -0.39 is 0 Å². The molecule has 2 heteroatoms. The highest BCUT2D eigenvalue weighted by molar-refractivity contribution is 5.52. The van der Waals surface area contributed by atoms with Crippen molar-refractivity contribution in [1.82, 2.24) is 0 Å². The zero-order chi connectivity index (χ0) is 13.0. The van der Waals surface area contributed by atoms with E-state index in [-0.39, 0.29) is 0 Å². The smallest absolute Gasteiger partial charge is 0.123 e. The van der Waals surface area contributed by atoms with Gasteiger partial charge in [0.25, 0.3) is 0 Å². The molecule has 0 aliphatic rings. The molecule has 2 rings (SSSR count). The van der Waals surface area contributed by atoms with Crippen molar-refractivity contribution >= 4 is 5.69 Å². The summed E-state index contributed by atoms with van der Waals surface area (Å²) in [6, 6.07) is 14.5. The van der Waals surface area contributed by atoms with Gasteiger partial charge in [-0.3, -0.25) is 0 Å². The quantitative estimate of drug-likeness (QED) is 0.875. The van der Waals surface area contributed by atoms with Crippen LogP contribution in [0, 0.1) is 13.8 Å². The highest BCUT2D eigenvalue weighted by atomic mass is 16.5. The Bertz CT molecular complexity index is 534. The minimum Gasteiger partial charge on any atom is -0.496 e. The standard InChI is InChI=1S/C16H19NO/c1-12-8-9-15(13(2)10-12)17-11-14-6-4-5-7-16(14)18-3/h4-10,17H,11H2,1-3H3. The van der Waals surface area contributed by atoms with E-state index in [9.17, 15) is 0 Å². The lowest BCUT2D eigenvalue weighted by molar-refractivity contribution is 0.410. The van der Waals surface area contributed by atoms with Crippen LogP contribution in [0.15, 0.2) is 42.5 Å². The third-order valence-corrected chi connectivity index (χ3v) is 3.04. The maximum absolute atomic E-state index is 5.34. The Balaban J connectivity index is 2.11. The second-order valence-corrected chi connectivity index (χ2v) is 4.48. The molecule has 0 atom stereocenters. The average Bonchev–Trinajstić information content (AvgIpc) is 2.38. The molecule has 18 heavy (non-hydrogen) atoms. The topological polar surface area (TPSA) is 21.3 Å². The first-order valence-corrected chi connectivity index (χ1v) is 6.13. The molecule has 2 aromatic carbocycles. The van der Waals surface area contributed by atoms with Gasteiger partial charge >= 0.3 is 0 Å². The lowest BCUT2D eigenvalue weighted by Crippen LogP contribution is -2.02. The van der Waals surface area contributed by atoms with Crippen LogP contribution in [-0.4, -0.2) is 7.11 Å². The first kappa shape index (κ1) is 12.5. The van der Waals surface area contributed by atoms with Gasteiger partial charge in [-0.05, 0) is 31.5 Å². The molecule has 0 aliphatic carbocycles. The number of benzene rings is 2. The van der Waals surface area contributed by atoms with E-state index in [1.807, 2.05) is 18.2 Å². The van der Waals surface area contributed by atoms with Gasteiger partial charge < -0.3 is 10.1 Å². The molecule has 2 nitrogen and oxygen atoms in total. The molecule has 94 valence electrons. The molecule has 0 saturated carbocycles. The third-order valence-electron chi connectivity index (χ3n) is 3.04. The minimum atomic E-state index is 0.772. The van der Waals surface area contributed by atoms with Crippen molar-refractivity contribution in [3.05, 3.63) is 59.2 Å². The molecular weight excluding hydrogens is 222 g/mol. The summed E-state index contributed by atoms with van der Waals surface area (Å²) in [6.07, 6.45) is 0. The third kappa shape index (κ3) is 2.83. The molecule has 0 fully saturated rings. The lowest BCUT2D eigenvalue weighted by atomic mass is 10.1. The van der Waals surface area contributed by atoms with Crippen LogP contribution in [-0.2, 0) is 6.54 Å². The predicted molar refractivity (Wildman–Crippen MR) is 76.2 cm³/mol. The summed E-state index contributed by atoms with van der Waals surface area (Å²) >= 11 is 0. The van der Waals surface area contributed by atoms with Gasteiger partial charge in [-0.25, -0.2) is 0 Å². The van der Waals surface area contributed by atoms with E-state index in [2.05, 4.69) is 43.4 Å². The fraction of sp³-hybridized carbons (Fsp3) is 0.250. The molecule has 0 unspecified atom stereocenters. The highest BCUT2D eigenvalue weighted by Gasteiger charge is 2.02. The van der Waals surface area contributed by atoms with Crippen molar-refractivity contribution in [2.24, 2.45) is 0 Å². The largest absolute Gasteiger partial charge is 0.496 e. The Hall–Kier alpha value is -1.96. The van der Waals surface area contributed by atoms with Crippen molar-refractivity contribution in [1.29, 1.82) is 0 Å². The van der Waals surface area contributed by atoms with Gasteiger partial charge in [-0.1, -0.05) is 35.9 Å². The first-order valence-electron chi connectivity index (χ1n) is 6.13. The van der Waals surface area contributed by atoms with Crippen LogP contribution in [0.25, 0.3) is 0 Å². The molecule has 0 spiro atoms. The summed E-state index contributed by atoms with van der Waals surface area (Å²) in [6.45, 7) is 5.00. The molecule has 0 aromatic heterocycles. The van der Waals surface area contributed by atoms with Gasteiger partial charge in [0, 0.05) is 17.8 Å². The van der Waals surface area contributed by atoms with Crippen LogP contribution >= 0.6 is 0 Å². The van der Waals surface area contributed by atoms with Gasteiger partial charge in [-0.15, -0.1) is 0 Å². The fourth-order valence-corrected chi connectivity index (χ4v) is 2.05. The van der Waals surface area contributed by atoms with Crippen molar-refractivity contribution in [3.8, 4) is 5.75 Å². The summed E-state index contributed by atoms with van der Waals surface area (Å²) in [5, 5.41) is 3.45. The number of anilines is 1. The number of rotatable bonds is 4. The number of hydrogen-bond acceptors (Lipinski definition) is 2. The van der Waals surface area contributed by atoms with E-state index in [4.69, 9.17) is 4.74 Å². The molecule has 0 aliphatic heterocycles. The van der Waals surface area contributed by atoms with Crippen molar-refractivity contribution in [2.75, 3.05) is 12.4 Å². The first-order chi connectivity index (χ1) is 8.70. The maximum Gasteiger partial charge on any atom is 0.123 e. The maximum atomic E-state index is 5.34. The van der Waals surface area contributed by atoms with Crippen LogP contribution < -0.4 is 10.1 Å². The fourth-order valence-electron chi connectivity index (χ4n) is 2.05. The van der Waals surface area contributed by atoms with Gasteiger partial charge in [-0.2, -0.15) is 0 Å². The number of hydrogen-bond donors (Lipinski definition) is 1. The zero-order valence-electron chi connectivity index (χ0n) is 11.2. The number of ether oxygens (including phenoxy) is 1. The predicted octanol–water partition coefficient (Wildman–Crippen LogP) is 3.92. The van der Waals surface area contributed by atoms with Gasteiger partial charge in [0.2, 0.25) is 0 Å². The SMILES string of the molecule is COc1ccccc1CNc1ccc(C)cc1C. The zero-order valence-corrected chi connectivity index (χ0v) is 11.2. The monoisotopic (exact) mass is 241 g/mol. The lowest BCUT2D eigenvalue weighted by Gasteiger charge is -2.12. The second kappa shape index (κ2) is 5.58. The second-order valence-electron chi connectivity index (χ2n) is 4.48. The van der Waals surface area contributed by atoms with E-state index in [1.165, 1.54) is 22.4 Å². The summed E-state index contributed by atoms with van der Waals surface area (Å²) in [5.41, 5.74) is 4.90. The van der Waals surface area contributed by atoms with Gasteiger partial charge in [0.05, 0.1) is 7.11 Å². The molecule has 0 radical (unpaired) electrons. The van der Waals surface area contributed by atoms with Crippen LogP contribution in [0.5, 0.6) is 5.75 Å². The van der Waals surface area contributed by atoms with E-state index in [0.717, 1.165) is 12.3 Å². The molecule has 0 amide bonds. The summed E-state index contributed by atoms with van der Waals surface area (Å²) < 4.78 is 5.34. The number of para-hydroxylation sites is 1. The Labute approximate surface area is 109 Å². The van der Waals surface area contributed by atoms with Crippen molar-refractivity contribution in [3.63, 3.8) is 0 Å². The van der Waals surface area contributed by atoms with Crippen molar-refractivity contribution < 1.29 is 4.74 Å². The molecule has 1 N–H and O–H groups in total. The summed E-state index contributed by atoms with van der Waals surface area (Å²) in [7, 11) is 1.70. The van der Waals surface area contributed by atoms with Crippen molar-refractivity contribution in [2.45, 2.75) is 20.4 Å². The van der Waals surface area contributed by atoms with Crippen LogP contribution in [0.2, 0.25) is 0 Å². The molecule has 2 aromatic rings. The average molecular weight is 241 g/mol. The molecule has 0 saturated heterocycles. The Morgan fingerprint density at radius 1 is 1.06 bits per heavy atom. The van der Waals surface area contributed by atoms with Crippen LogP contribution in [0.1, 0.15) is 16.7 Å². The van der Waals surface area contributed by atoms with E-state index in [1.54, 1.807) is 7.11 Å². The Kier molecular flexibility index (Phi) is 3.88. The summed E-state index contributed by atoms with van der Waals surface area (Å²) in [4.78, 5) is 0. The minimum absolute atomic E-state index is 0.772.